The zero-order valence-corrected chi connectivity index (χ0v) is 16.5. The molecule has 0 fully saturated rings. The number of hydrogen-bond acceptors (Lipinski definition) is 5. The molecule has 146 valence electrons. The Morgan fingerprint density at radius 1 is 1.11 bits per heavy atom. The first kappa shape index (κ1) is 19.4. The highest BCUT2D eigenvalue weighted by Gasteiger charge is 2.08. The summed E-state index contributed by atoms with van der Waals surface area (Å²) in [6.07, 6.45) is 3.46. The van der Waals surface area contributed by atoms with Gasteiger partial charge in [0.25, 0.3) is 0 Å². The van der Waals surface area contributed by atoms with Crippen LogP contribution in [0.1, 0.15) is 18.2 Å². The van der Waals surface area contributed by atoms with Crippen molar-refractivity contribution in [3.8, 4) is 11.5 Å². The predicted octanol–water partition coefficient (Wildman–Crippen LogP) is 3.06. The van der Waals surface area contributed by atoms with E-state index in [1.54, 1.807) is 12.5 Å². The predicted molar refractivity (Wildman–Crippen MR) is 112 cm³/mol. The molecule has 28 heavy (non-hydrogen) atoms. The number of anilines is 1. The number of oxazole rings is 1. The van der Waals surface area contributed by atoms with Crippen LogP contribution in [0.2, 0.25) is 0 Å². The van der Waals surface area contributed by atoms with Crippen LogP contribution in [-0.2, 0) is 13.1 Å². The summed E-state index contributed by atoms with van der Waals surface area (Å²) in [5, 5.41) is 6.56. The molecule has 1 aromatic carbocycles. The van der Waals surface area contributed by atoms with Crippen molar-refractivity contribution in [1.29, 1.82) is 0 Å². The minimum absolute atomic E-state index is 0.524. The van der Waals surface area contributed by atoms with Crippen LogP contribution in [0.3, 0.4) is 0 Å². The van der Waals surface area contributed by atoms with Gasteiger partial charge in [0, 0.05) is 38.0 Å². The van der Waals surface area contributed by atoms with Crippen LogP contribution in [-0.4, -0.2) is 36.6 Å². The highest BCUT2D eigenvalue weighted by molar-refractivity contribution is 5.79. The third-order valence-electron chi connectivity index (χ3n) is 4.05. The normalized spacial score (nSPS) is 11.3. The molecule has 0 saturated heterocycles. The Balaban J connectivity index is 1.65. The van der Waals surface area contributed by atoms with Crippen LogP contribution in [0.5, 0.6) is 0 Å². The molecule has 0 spiro atoms. The Morgan fingerprint density at radius 3 is 2.68 bits per heavy atom. The third kappa shape index (κ3) is 5.09. The number of benzene rings is 1. The number of guanidine groups is 1. The summed E-state index contributed by atoms with van der Waals surface area (Å²) in [6.45, 7) is 3.87. The van der Waals surface area contributed by atoms with Crippen LogP contribution < -0.4 is 15.5 Å². The van der Waals surface area contributed by atoms with Crippen LogP contribution in [0, 0.1) is 0 Å². The van der Waals surface area contributed by atoms with Crippen molar-refractivity contribution in [3.63, 3.8) is 0 Å². The van der Waals surface area contributed by atoms with E-state index in [0.717, 1.165) is 35.1 Å². The Bertz CT molecular complexity index is 904. The second kappa shape index (κ2) is 9.55. The Hall–Kier alpha value is -3.35. The molecule has 0 radical (unpaired) electrons. The fourth-order valence-electron chi connectivity index (χ4n) is 2.74. The highest BCUT2D eigenvalue weighted by Crippen LogP contribution is 2.18. The number of aromatic nitrogens is 2. The Morgan fingerprint density at radius 2 is 1.93 bits per heavy atom. The number of rotatable bonds is 7. The first-order chi connectivity index (χ1) is 13.7. The van der Waals surface area contributed by atoms with E-state index in [0.29, 0.717) is 19.0 Å². The van der Waals surface area contributed by atoms with Gasteiger partial charge in [-0.25, -0.2) is 15.0 Å². The molecule has 0 aliphatic rings. The largest absolute Gasteiger partial charge is 0.444 e. The lowest BCUT2D eigenvalue weighted by atomic mass is 10.2. The van der Waals surface area contributed by atoms with Crippen molar-refractivity contribution in [2.24, 2.45) is 4.99 Å². The lowest BCUT2D eigenvalue weighted by Crippen LogP contribution is -2.36. The van der Waals surface area contributed by atoms with E-state index in [1.165, 1.54) is 0 Å². The molecule has 2 aromatic heterocycles. The van der Waals surface area contributed by atoms with Crippen molar-refractivity contribution < 1.29 is 4.42 Å². The number of nitrogens with one attached hydrogen (secondary N) is 2. The maximum absolute atomic E-state index is 5.59. The number of hydrogen-bond donors (Lipinski definition) is 2. The molecule has 0 amide bonds. The van der Waals surface area contributed by atoms with Gasteiger partial charge in [-0.2, -0.15) is 0 Å². The zero-order chi connectivity index (χ0) is 19.8. The molecule has 7 heteroatoms. The van der Waals surface area contributed by atoms with E-state index >= 15 is 0 Å². The quantitative estimate of drug-likeness (QED) is 0.486. The molecule has 3 rings (SSSR count). The van der Waals surface area contributed by atoms with Gasteiger partial charge in [0.05, 0.1) is 18.8 Å². The second-order valence-electron chi connectivity index (χ2n) is 6.44. The molecule has 0 atom stereocenters. The highest BCUT2D eigenvalue weighted by atomic mass is 16.3. The van der Waals surface area contributed by atoms with Crippen LogP contribution >= 0.6 is 0 Å². The lowest BCUT2D eigenvalue weighted by molar-refractivity contribution is 0.572. The maximum Gasteiger partial charge on any atom is 0.226 e. The molecule has 2 heterocycles. The Kier molecular flexibility index (Phi) is 6.62. The van der Waals surface area contributed by atoms with E-state index in [2.05, 4.69) is 25.6 Å². The molecule has 3 aromatic rings. The Labute approximate surface area is 165 Å². The van der Waals surface area contributed by atoms with E-state index in [1.807, 2.05) is 68.4 Å². The van der Waals surface area contributed by atoms with Gasteiger partial charge in [0.1, 0.15) is 12.1 Å². The van der Waals surface area contributed by atoms with Gasteiger partial charge >= 0.3 is 0 Å². The minimum Gasteiger partial charge on any atom is -0.444 e. The smallest absolute Gasteiger partial charge is 0.226 e. The minimum atomic E-state index is 0.524. The molecule has 7 nitrogen and oxygen atoms in total. The summed E-state index contributed by atoms with van der Waals surface area (Å²) < 4.78 is 5.59. The standard InChI is InChI=1S/C21H26N6O/c1-4-22-21(24-13-17-11-8-12-23-19(17)27(2)3)25-14-18-15-28-20(26-18)16-9-6-5-7-10-16/h5-12,15H,4,13-14H2,1-3H3,(H2,22,24,25). The topological polar surface area (TPSA) is 78.6 Å². The van der Waals surface area contributed by atoms with Crippen molar-refractivity contribution in [1.82, 2.24) is 20.6 Å². The number of aliphatic imine (C=N–C) groups is 1. The van der Waals surface area contributed by atoms with E-state index in [-0.39, 0.29) is 0 Å². The fraction of sp³-hybridized carbons (Fsp3) is 0.286. The maximum atomic E-state index is 5.59. The van der Waals surface area contributed by atoms with Gasteiger partial charge in [-0.1, -0.05) is 24.3 Å². The van der Waals surface area contributed by atoms with Crippen LogP contribution in [0.15, 0.2) is 64.3 Å². The van der Waals surface area contributed by atoms with Gasteiger partial charge < -0.3 is 20.0 Å². The molecule has 0 saturated carbocycles. The monoisotopic (exact) mass is 378 g/mol. The average molecular weight is 378 g/mol. The lowest BCUT2D eigenvalue weighted by Gasteiger charge is -2.15. The molecular weight excluding hydrogens is 352 g/mol. The number of pyridine rings is 1. The average Bonchev–Trinajstić information content (AvgIpc) is 3.20. The van der Waals surface area contributed by atoms with Gasteiger partial charge in [-0.05, 0) is 25.1 Å². The van der Waals surface area contributed by atoms with Crippen molar-refractivity contribution >= 4 is 11.8 Å². The summed E-state index contributed by atoms with van der Waals surface area (Å²) in [5.74, 6) is 2.26. The SMILES string of the molecule is CCNC(=NCc1cccnc1N(C)C)NCc1coc(-c2ccccc2)n1. The summed E-state index contributed by atoms with van der Waals surface area (Å²) in [4.78, 5) is 15.6. The van der Waals surface area contributed by atoms with Crippen LogP contribution in [0.4, 0.5) is 5.82 Å². The second-order valence-corrected chi connectivity index (χ2v) is 6.44. The first-order valence-corrected chi connectivity index (χ1v) is 9.30. The third-order valence-corrected chi connectivity index (χ3v) is 4.05. The van der Waals surface area contributed by atoms with Crippen molar-refractivity contribution in [2.75, 3.05) is 25.5 Å². The molecular formula is C21H26N6O. The van der Waals surface area contributed by atoms with Crippen molar-refractivity contribution in [3.05, 3.63) is 66.2 Å². The summed E-state index contributed by atoms with van der Waals surface area (Å²) in [5.41, 5.74) is 2.85. The van der Waals surface area contributed by atoms with Crippen molar-refractivity contribution in [2.45, 2.75) is 20.0 Å². The fourth-order valence-corrected chi connectivity index (χ4v) is 2.74. The zero-order valence-electron chi connectivity index (χ0n) is 16.5. The molecule has 0 aliphatic carbocycles. The summed E-state index contributed by atoms with van der Waals surface area (Å²) in [6, 6.07) is 13.8. The van der Waals surface area contributed by atoms with Gasteiger partial charge in [-0.3, -0.25) is 0 Å². The van der Waals surface area contributed by atoms with Gasteiger partial charge in [0.2, 0.25) is 5.89 Å². The van der Waals surface area contributed by atoms with Gasteiger partial charge in [-0.15, -0.1) is 0 Å². The summed E-state index contributed by atoms with van der Waals surface area (Å²) in [7, 11) is 3.96. The van der Waals surface area contributed by atoms with Gasteiger partial charge in [0.15, 0.2) is 5.96 Å². The van der Waals surface area contributed by atoms with E-state index in [9.17, 15) is 0 Å². The van der Waals surface area contributed by atoms with E-state index < -0.39 is 0 Å². The molecule has 0 aliphatic heterocycles. The molecule has 2 N–H and O–H groups in total. The number of nitrogens with zero attached hydrogens (tertiary/aromatic N) is 4. The van der Waals surface area contributed by atoms with E-state index in [4.69, 9.17) is 4.42 Å². The molecule has 0 unspecified atom stereocenters. The molecule has 0 bridgehead atoms. The summed E-state index contributed by atoms with van der Waals surface area (Å²) >= 11 is 0. The first-order valence-electron chi connectivity index (χ1n) is 9.30. The van der Waals surface area contributed by atoms with Crippen LogP contribution in [0.25, 0.3) is 11.5 Å².